The molecule has 1 aromatic rings. The molecule has 1 heterocycles. The number of ether oxygens (including phenoxy) is 1. The molecule has 0 aliphatic carbocycles. The number of carbonyl (C=O) groups is 1. The smallest absolute Gasteiger partial charge is 0.410 e. The molecule has 0 bridgehead atoms. The van der Waals surface area contributed by atoms with Gasteiger partial charge in [0.15, 0.2) is 9.84 Å². The zero-order chi connectivity index (χ0) is 19.5. The number of rotatable bonds is 4. The molecule has 1 fully saturated rings. The molecule has 1 aromatic carbocycles. The minimum Gasteiger partial charge on any atom is -0.444 e. The van der Waals surface area contributed by atoms with Crippen molar-refractivity contribution in [3.8, 4) is 0 Å². The summed E-state index contributed by atoms with van der Waals surface area (Å²) >= 11 is 0. The molecule has 7 heteroatoms. The number of carbonyl (C=O) groups excluding carboxylic acids is 1. The third-order valence-corrected chi connectivity index (χ3v) is 6.39. The molecule has 0 spiro atoms. The Morgan fingerprint density at radius 1 is 1.27 bits per heavy atom. The number of hydrogen-bond donors (Lipinski definition) is 1. The number of aliphatic hydroxyl groups excluding tert-OH is 1. The molecule has 1 aliphatic rings. The molecule has 1 amide bonds. The average molecular weight is 384 g/mol. The van der Waals surface area contributed by atoms with Gasteiger partial charge in [-0.25, -0.2) is 13.2 Å². The minimum atomic E-state index is -3.40. The van der Waals surface area contributed by atoms with E-state index in [1.54, 1.807) is 36.1 Å². The van der Waals surface area contributed by atoms with E-state index in [1.165, 1.54) is 0 Å². The van der Waals surface area contributed by atoms with Crippen molar-refractivity contribution in [1.82, 2.24) is 4.90 Å². The minimum absolute atomic E-state index is 0.00613. The number of hydrogen-bond acceptors (Lipinski definition) is 5. The van der Waals surface area contributed by atoms with Crippen LogP contribution in [0.15, 0.2) is 29.2 Å². The van der Waals surface area contributed by atoms with Crippen LogP contribution in [0.2, 0.25) is 0 Å². The highest BCUT2D eigenvalue weighted by molar-refractivity contribution is 7.91. The van der Waals surface area contributed by atoms with Crippen LogP contribution in [-0.4, -0.2) is 49.0 Å². The molecule has 1 saturated heterocycles. The third-order valence-electron chi connectivity index (χ3n) is 4.59. The fraction of sp³-hybridized carbons (Fsp3) is 0.632. The van der Waals surface area contributed by atoms with E-state index >= 15 is 0 Å². The van der Waals surface area contributed by atoms with Crippen LogP contribution in [0.5, 0.6) is 0 Å². The van der Waals surface area contributed by atoms with E-state index in [1.807, 2.05) is 20.8 Å². The largest absolute Gasteiger partial charge is 0.444 e. The normalized spacial score (nSPS) is 17.8. The number of aliphatic hydroxyl groups is 1. The standard InChI is InChI=1S/C19H29NO5S/c1-5-26(23,24)16-9-7-6-8-15(16)17(21)14-10-12-20(13-11-14)18(22)25-19(2,3)4/h6-9,14,17,21H,5,10-13H2,1-4H3. The highest BCUT2D eigenvalue weighted by Crippen LogP contribution is 2.34. The number of likely N-dealkylation sites (tertiary alicyclic amines) is 1. The first kappa shape index (κ1) is 20.7. The molecule has 6 nitrogen and oxygen atoms in total. The first-order valence-electron chi connectivity index (χ1n) is 9.03. The van der Waals surface area contributed by atoms with Crippen LogP contribution in [-0.2, 0) is 14.6 Å². The maximum atomic E-state index is 12.3. The molecule has 26 heavy (non-hydrogen) atoms. The van der Waals surface area contributed by atoms with Gasteiger partial charge >= 0.3 is 6.09 Å². The van der Waals surface area contributed by atoms with Gasteiger partial charge < -0.3 is 14.7 Å². The van der Waals surface area contributed by atoms with Gasteiger partial charge in [0.25, 0.3) is 0 Å². The van der Waals surface area contributed by atoms with Crippen molar-refractivity contribution in [2.45, 2.75) is 57.1 Å². The predicted molar refractivity (Wildman–Crippen MR) is 99.7 cm³/mol. The van der Waals surface area contributed by atoms with Crippen molar-refractivity contribution >= 4 is 15.9 Å². The predicted octanol–water partition coefficient (Wildman–Crippen LogP) is 3.16. The van der Waals surface area contributed by atoms with Crippen molar-refractivity contribution in [2.75, 3.05) is 18.8 Å². The lowest BCUT2D eigenvalue weighted by atomic mass is 9.87. The molecular formula is C19H29NO5S. The number of benzene rings is 1. The Morgan fingerprint density at radius 2 is 1.85 bits per heavy atom. The molecule has 1 aliphatic heterocycles. The summed E-state index contributed by atoms with van der Waals surface area (Å²) in [4.78, 5) is 14.0. The quantitative estimate of drug-likeness (QED) is 0.863. The average Bonchev–Trinajstić information content (AvgIpc) is 2.60. The Morgan fingerprint density at radius 3 is 2.38 bits per heavy atom. The summed E-state index contributed by atoms with van der Waals surface area (Å²) in [5, 5.41) is 10.8. The second kappa shape index (κ2) is 7.96. The maximum Gasteiger partial charge on any atom is 0.410 e. The SMILES string of the molecule is CCS(=O)(=O)c1ccccc1C(O)C1CCN(C(=O)OC(C)(C)C)CC1. The fourth-order valence-electron chi connectivity index (χ4n) is 3.14. The lowest BCUT2D eigenvalue weighted by molar-refractivity contribution is 0.00734. The van der Waals surface area contributed by atoms with Gasteiger partial charge in [0.2, 0.25) is 0 Å². The summed E-state index contributed by atoms with van der Waals surface area (Å²) in [6.07, 6.45) is -0.0188. The highest BCUT2D eigenvalue weighted by Gasteiger charge is 2.32. The van der Waals surface area contributed by atoms with Gasteiger partial charge in [0.1, 0.15) is 5.60 Å². The Bertz CT molecular complexity index is 731. The van der Waals surface area contributed by atoms with Gasteiger partial charge in [-0.05, 0) is 51.2 Å². The number of amides is 1. The van der Waals surface area contributed by atoms with E-state index in [0.717, 1.165) is 0 Å². The Labute approximate surface area is 156 Å². The van der Waals surface area contributed by atoms with Crippen LogP contribution in [0.4, 0.5) is 4.79 Å². The number of sulfone groups is 1. The van der Waals surface area contributed by atoms with Gasteiger partial charge in [-0.15, -0.1) is 0 Å². The van der Waals surface area contributed by atoms with Crippen molar-refractivity contribution in [2.24, 2.45) is 5.92 Å². The van der Waals surface area contributed by atoms with Crippen molar-refractivity contribution in [3.05, 3.63) is 29.8 Å². The van der Waals surface area contributed by atoms with Crippen molar-refractivity contribution in [3.63, 3.8) is 0 Å². The Hall–Kier alpha value is -1.60. The molecular weight excluding hydrogens is 354 g/mol. The molecule has 1 N–H and O–H groups in total. The molecule has 0 aromatic heterocycles. The van der Waals surface area contributed by atoms with E-state index in [9.17, 15) is 18.3 Å². The second-order valence-electron chi connectivity index (χ2n) is 7.69. The van der Waals surface area contributed by atoms with E-state index in [2.05, 4.69) is 0 Å². The summed E-state index contributed by atoms with van der Waals surface area (Å²) in [6.45, 7) is 8.04. The molecule has 0 radical (unpaired) electrons. The first-order valence-corrected chi connectivity index (χ1v) is 10.7. The zero-order valence-electron chi connectivity index (χ0n) is 15.9. The lowest BCUT2D eigenvalue weighted by Gasteiger charge is -2.35. The fourth-order valence-corrected chi connectivity index (χ4v) is 4.29. The van der Waals surface area contributed by atoms with E-state index in [-0.39, 0.29) is 22.7 Å². The van der Waals surface area contributed by atoms with Crippen LogP contribution in [0.25, 0.3) is 0 Å². The summed E-state index contributed by atoms with van der Waals surface area (Å²) < 4.78 is 30.0. The first-order chi connectivity index (χ1) is 12.0. The van der Waals surface area contributed by atoms with Gasteiger partial charge in [0, 0.05) is 13.1 Å². The summed E-state index contributed by atoms with van der Waals surface area (Å²) in [6, 6.07) is 6.63. The molecule has 1 unspecified atom stereocenters. The van der Waals surface area contributed by atoms with Crippen molar-refractivity contribution < 1.29 is 23.1 Å². The zero-order valence-corrected chi connectivity index (χ0v) is 16.8. The van der Waals surface area contributed by atoms with Crippen LogP contribution < -0.4 is 0 Å². The van der Waals surface area contributed by atoms with Crippen LogP contribution in [0, 0.1) is 5.92 Å². The third kappa shape index (κ3) is 4.98. The van der Waals surface area contributed by atoms with Gasteiger partial charge in [-0.2, -0.15) is 0 Å². The molecule has 1 atom stereocenters. The van der Waals surface area contributed by atoms with Crippen LogP contribution in [0.1, 0.15) is 52.2 Å². The van der Waals surface area contributed by atoms with E-state index in [4.69, 9.17) is 4.74 Å². The monoisotopic (exact) mass is 383 g/mol. The van der Waals surface area contributed by atoms with Crippen LogP contribution in [0.3, 0.4) is 0 Å². The lowest BCUT2D eigenvalue weighted by Crippen LogP contribution is -2.42. The van der Waals surface area contributed by atoms with Crippen molar-refractivity contribution in [1.29, 1.82) is 0 Å². The summed E-state index contributed by atoms with van der Waals surface area (Å²) in [5.41, 5.74) is -0.0916. The Balaban J connectivity index is 2.08. The highest BCUT2D eigenvalue weighted by atomic mass is 32.2. The summed E-state index contributed by atoms with van der Waals surface area (Å²) in [5.74, 6) is -0.102. The van der Waals surface area contributed by atoms with Gasteiger partial charge in [-0.3, -0.25) is 0 Å². The number of piperidine rings is 1. The second-order valence-corrected chi connectivity index (χ2v) is 9.94. The number of nitrogens with zero attached hydrogens (tertiary/aromatic N) is 1. The maximum absolute atomic E-state index is 12.3. The molecule has 146 valence electrons. The molecule has 2 rings (SSSR count). The topological polar surface area (TPSA) is 83.9 Å². The molecule has 0 saturated carbocycles. The van der Waals surface area contributed by atoms with Gasteiger partial charge in [-0.1, -0.05) is 25.1 Å². The Kier molecular flexibility index (Phi) is 6.34. The van der Waals surface area contributed by atoms with E-state index in [0.29, 0.717) is 31.5 Å². The summed E-state index contributed by atoms with van der Waals surface area (Å²) in [7, 11) is -3.40. The van der Waals surface area contributed by atoms with Crippen LogP contribution >= 0.6 is 0 Å². The van der Waals surface area contributed by atoms with E-state index < -0.39 is 21.5 Å². The van der Waals surface area contributed by atoms with Gasteiger partial charge in [0.05, 0.1) is 16.8 Å².